The lowest BCUT2D eigenvalue weighted by molar-refractivity contribution is 0.167. The number of hydrogen-bond donors (Lipinski definition) is 1. The summed E-state index contributed by atoms with van der Waals surface area (Å²) in [6.07, 6.45) is 4.30. The number of methoxy groups -OCH3 is 1. The van der Waals surface area contributed by atoms with E-state index in [1.165, 1.54) is 6.42 Å². The number of pyridine rings is 1. The van der Waals surface area contributed by atoms with E-state index in [1.807, 2.05) is 28.9 Å². The number of nitrogens with zero attached hydrogens (tertiary/aromatic N) is 5. The van der Waals surface area contributed by atoms with Gasteiger partial charge < -0.3 is 9.72 Å². The highest BCUT2D eigenvalue weighted by molar-refractivity contribution is 5.80. The van der Waals surface area contributed by atoms with Crippen LogP contribution in [0.4, 0.5) is 0 Å². The van der Waals surface area contributed by atoms with E-state index in [9.17, 15) is 4.79 Å². The molecule has 3 heterocycles. The number of tetrazole rings is 1. The third-order valence-electron chi connectivity index (χ3n) is 6.31. The van der Waals surface area contributed by atoms with Crippen molar-refractivity contribution < 1.29 is 4.74 Å². The van der Waals surface area contributed by atoms with E-state index < -0.39 is 0 Å². The Morgan fingerprint density at radius 2 is 1.97 bits per heavy atom. The number of ether oxygens (including phenoxy) is 1. The lowest BCUT2D eigenvalue weighted by Crippen LogP contribution is -2.40. The van der Waals surface area contributed by atoms with Crippen LogP contribution in [-0.4, -0.2) is 50.3 Å². The Bertz CT molecular complexity index is 1080. The van der Waals surface area contributed by atoms with Gasteiger partial charge >= 0.3 is 0 Å². The first-order chi connectivity index (χ1) is 14.4. The highest BCUT2D eigenvalue weighted by Crippen LogP contribution is 2.32. The first-order valence-electron chi connectivity index (χ1n) is 10.7. The van der Waals surface area contributed by atoms with Gasteiger partial charge in [-0.3, -0.25) is 9.69 Å². The zero-order valence-corrected chi connectivity index (χ0v) is 18.2. The van der Waals surface area contributed by atoms with Gasteiger partial charge in [0.2, 0.25) is 0 Å². The summed E-state index contributed by atoms with van der Waals surface area (Å²) in [5.41, 5.74) is 1.10. The number of aromatic nitrogens is 5. The number of nitrogens with one attached hydrogen (secondary N) is 1. The van der Waals surface area contributed by atoms with E-state index in [1.54, 1.807) is 7.11 Å². The summed E-state index contributed by atoms with van der Waals surface area (Å²) >= 11 is 0. The molecule has 0 unspecified atom stereocenters. The fourth-order valence-electron chi connectivity index (χ4n) is 4.15. The van der Waals surface area contributed by atoms with E-state index in [0.717, 1.165) is 54.8 Å². The van der Waals surface area contributed by atoms with Crippen LogP contribution in [0.3, 0.4) is 0 Å². The third-order valence-corrected chi connectivity index (χ3v) is 6.31. The average molecular weight is 411 g/mol. The fourth-order valence-corrected chi connectivity index (χ4v) is 4.15. The Morgan fingerprint density at radius 3 is 2.67 bits per heavy atom. The molecule has 4 rings (SSSR count). The number of hydrogen-bond acceptors (Lipinski definition) is 6. The molecular weight excluding hydrogens is 380 g/mol. The van der Waals surface area contributed by atoms with Crippen LogP contribution in [0.1, 0.15) is 63.9 Å². The number of H-pyrrole nitrogens is 1. The molecule has 1 aliphatic rings. The van der Waals surface area contributed by atoms with Crippen LogP contribution in [-0.2, 0) is 5.54 Å². The quantitative estimate of drug-likeness (QED) is 0.671. The molecule has 0 bridgehead atoms. The Balaban J connectivity index is 1.90. The summed E-state index contributed by atoms with van der Waals surface area (Å²) in [5, 5.41) is 13.7. The molecule has 30 heavy (non-hydrogen) atoms. The second kappa shape index (κ2) is 8.18. The summed E-state index contributed by atoms with van der Waals surface area (Å²) in [5.74, 6) is 1.48. The van der Waals surface area contributed by atoms with Crippen molar-refractivity contribution in [1.82, 2.24) is 30.1 Å². The van der Waals surface area contributed by atoms with Gasteiger partial charge in [0.1, 0.15) is 11.8 Å². The van der Waals surface area contributed by atoms with Crippen molar-refractivity contribution in [1.29, 1.82) is 0 Å². The minimum atomic E-state index is -0.300. The zero-order chi connectivity index (χ0) is 21.3. The number of benzene rings is 1. The van der Waals surface area contributed by atoms with Gasteiger partial charge in [-0.2, -0.15) is 0 Å². The zero-order valence-electron chi connectivity index (χ0n) is 18.2. The number of rotatable bonds is 6. The second-order valence-electron chi connectivity index (χ2n) is 8.62. The molecule has 1 fully saturated rings. The molecule has 1 aromatic carbocycles. The van der Waals surface area contributed by atoms with Crippen molar-refractivity contribution in [2.45, 2.75) is 58.0 Å². The Labute approximate surface area is 176 Å². The summed E-state index contributed by atoms with van der Waals surface area (Å²) < 4.78 is 7.27. The number of piperidine rings is 1. The van der Waals surface area contributed by atoms with Crippen molar-refractivity contribution in [2.24, 2.45) is 0 Å². The standard InChI is InChI=1S/C22H30N6O2/c1-5-22(2,3)28-20(24-25-26-28)19(27-11-7-6-8-12-27)17-14-15-13-16(30-4)9-10-18(15)23-21(17)29/h9-10,13-14,19H,5-8,11-12H2,1-4H3,(H,23,29)/t19-/m0/s1. The van der Waals surface area contributed by atoms with Gasteiger partial charge in [0, 0.05) is 16.5 Å². The van der Waals surface area contributed by atoms with Crippen LogP contribution in [0.2, 0.25) is 0 Å². The molecule has 2 aromatic heterocycles. The van der Waals surface area contributed by atoms with Crippen molar-refractivity contribution in [2.75, 3.05) is 20.2 Å². The normalized spacial score (nSPS) is 16.7. The Kier molecular flexibility index (Phi) is 5.60. The van der Waals surface area contributed by atoms with E-state index >= 15 is 0 Å². The van der Waals surface area contributed by atoms with E-state index in [4.69, 9.17) is 4.74 Å². The van der Waals surface area contributed by atoms with Gasteiger partial charge in [0.05, 0.1) is 12.6 Å². The Hall–Kier alpha value is -2.74. The third kappa shape index (κ3) is 3.71. The smallest absolute Gasteiger partial charge is 0.253 e. The minimum absolute atomic E-state index is 0.105. The second-order valence-corrected chi connectivity index (χ2v) is 8.62. The van der Waals surface area contributed by atoms with Crippen LogP contribution < -0.4 is 10.3 Å². The lowest BCUT2D eigenvalue weighted by atomic mass is 9.98. The molecular formula is C22H30N6O2. The van der Waals surface area contributed by atoms with Gasteiger partial charge in [0.15, 0.2) is 5.82 Å². The largest absolute Gasteiger partial charge is 0.497 e. The first kappa shape index (κ1) is 20.5. The predicted octanol–water partition coefficient (Wildman–Crippen LogP) is 3.24. The van der Waals surface area contributed by atoms with E-state index in [2.05, 4.69) is 46.2 Å². The first-order valence-corrected chi connectivity index (χ1v) is 10.7. The molecule has 1 N–H and O–H groups in total. The van der Waals surface area contributed by atoms with Crippen molar-refractivity contribution in [3.8, 4) is 5.75 Å². The summed E-state index contributed by atoms with van der Waals surface area (Å²) in [6, 6.07) is 7.34. The van der Waals surface area contributed by atoms with Crippen LogP contribution in [0, 0.1) is 0 Å². The average Bonchev–Trinajstić information content (AvgIpc) is 3.25. The van der Waals surface area contributed by atoms with Gasteiger partial charge in [-0.05, 0) is 80.9 Å². The number of likely N-dealkylation sites (tertiary alicyclic amines) is 1. The molecule has 8 nitrogen and oxygen atoms in total. The molecule has 0 radical (unpaired) electrons. The molecule has 1 aliphatic heterocycles. The van der Waals surface area contributed by atoms with Crippen molar-refractivity contribution in [3.63, 3.8) is 0 Å². The minimum Gasteiger partial charge on any atom is -0.497 e. The molecule has 0 spiro atoms. The van der Waals surface area contributed by atoms with Crippen molar-refractivity contribution in [3.05, 3.63) is 46.0 Å². The maximum absolute atomic E-state index is 13.2. The van der Waals surface area contributed by atoms with Crippen LogP contribution in [0.15, 0.2) is 29.1 Å². The van der Waals surface area contributed by atoms with Gasteiger partial charge in [-0.25, -0.2) is 4.68 Å². The molecule has 3 aromatic rings. The van der Waals surface area contributed by atoms with Gasteiger partial charge in [-0.15, -0.1) is 5.10 Å². The fraction of sp³-hybridized carbons (Fsp3) is 0.545. The molecule has 1 atom stereocenters. The van der Waals surface area contributed by atoms with Gasteiger partial charge in [-0.1, -0.05) is 13.3 Å². The summed E-state index contributed by atoms with van der Waals surface area (Å²) in [7, 11) is 1.64. The summed E-state index contributed by atoms with van der Waals surface area (Å²) in [6.45, 7) is 8.20. The molecule has 0 saturated carbocycles. The SMILES string of the molecule is CCC(C)(C)n1nnnc1[C@H](c1cc2cc(OC)ccc2[nH]c1=O)N1CCCCC1. The van der Waals surface area contributed by atoms with Crippen molar-refractivity contribution >= 4 is 10.9 Å². The molecule has 160 valence electrons. The number of aromatic amines is 1. The molecule has 8 heteroatoms. The van der Waals surface area contributed by atoms with Crippen LogP contribution in [0.25, 0.3) is 10.9 Å². The highest BCUT2D eigenvalue weighted by atomic mass is 16.5. The molecule has 1 saturated heterocycles. The maximum atomic E-state index is 13.2. The maximum Gasteiger partial charge on any atom is 0.253 e. The molecule has 0 aliphatic carbocycles. The van der Waals surface area contributed by atoms with E-state index in [-0.39, 0.29) is 17.1 Å². The predicted molar refractivity (Wildman–Crippen MR) is 116 cm³/mol. The lowest BCUT2D eigenvalue weighted by Gasteiger charge is -2.35. The topological polar surface area (TPSA) is 88.9 Å². The Morgan fingerprint density at radius 1 is 1.20 bits per heavy atom. The van der Waals surface area contributed by atoms with Gasteiger partial charge in [0.25, 0.3) is 5.56 Å². The highest BCUT2D eigenvalue weighted by Gasteiger charge is 2.34. The number of fused-ring (bicyclic) bond motifs is 1. The molecule has 0 amide bonds. The monoisotopic (exact) mass is 410 g/mol. The van der Waals surface area contributed by atoms with E-state index in [0.29, 0.717) is 5.56 Å². The van der Waals surface area contributed by atoms with Crippen LogP contribution >= 0.6 is 0 Å². The summed E-state index contributed by atoms with van der Waals surface area (Å²) in [4.78, 5) is 18.6. The van der Waals surface area contributed by atoms with Crippen LogP contribution in [0.5, 0.6) is 5.75 Å².